The second kappa shape index (κ2) is 5.32. The molecule has 0 amide bonds. The topological polar surface area (TPSA) is 80.0 Å². The third-order valence-corrected chi connectivity index (χ3v) is 3.30. The number of nitrogen functional groups attached to an aromatic ring is 1. The van der Waals surface area contributed by atoms with Gasteiger partial charge in [0.05, 0.1) is 0 Å². The van der Waals surface area contributed by atoms with Gasteiger partial charge in [0.15, 0.2) is 0 Å². The van der Waals surface area contributed by atoms with Crippen LogP contribution in [0.2, 0.25) is 0 Å². The van der Waals surface area contributed by atoms with Crippen LogP contribution in [0.25, 0.3) is 0 Å². The largest absolute Gasteiger partial charge is 0.368 e. The molecule has 104 valence electrons. The summed E-state index contributed by atoms with van der Waals surface area (Å²) in [6.45, 7) is 4.00. The quantitative estimate of drug-likeness (QED) is 0.889. The van der Waals surface area contributed by atoms with Crippen molar-refractivity contribution < 1.29 is 0 Å². The molecule has 2 heterocycles. The molecule has 0 atom stereocenters. The molecule has 0 aliphatic carbocycles. The van der Waals surface area contributed by atoms with E-state index in [1.54, 1.807) is 0 Å². The van der Waals surface area contributed by atoms with Crippen LogP contribution in [0, 0.1) is 6.92 Å². The number of rotatable bonds is 3. The maximum Gasteiger partial charge on any atom is 0.233 e. The van der Waals surface area contributed by atoms with Crippen molar-refractivity contribution in [1.82, 2.24) is 15.0 Å². The molecule has 0 radical (unpaired) electrons. The van der Waals surface area contributed by atoms with Gasteiger partial charge in [0.1, 0.15) is 0 Å². The Hall–Kier alpha value is -2.37. The van der Waals surface area contributed by atoms with E-state index < -0.39 is 0 Å². The van der Waals surface area contributed by atoms with E-state index in [0.717, 1.165) is 18.8 Å². The number of aromatic nitrogens is 3. The van der Waals surface area contributed by atoms with Crippen LogP contribution >= 0.6 is 0 Å². The molecule has 0 spiro atoms. The summed E-state index contributed by atoms with van der Waals surface area (Å²) in [6, 6.07) is 8.05. The van der Waals surface area contributed by atoms with Gasteiger partial charge >= 0.3 is 0 Å². The van der Waals surface area contributed by atoms with Gasteiger partial charge in [-0.05, 0) is 37.5 Å². The Morgan fingerprint density at radius 3 is 2.70 bits per heavy atom. The first-order chi connectivity index (χ1) is 9.70. The second-order valence-corrected chi connectivity index (χ2v) is 5.01. The molecule has 3 rings (SSSR count). The van der Waals surface area contributed by atoms with Crippen molar-refractivity contribution in [3.8, 4) is 0 Å². The average molecular weight is 270 g/mol. The molecule has 1 fully saturated rings. The summed E-state index contributed by atoms with van der Waals surface area (Å²) in [4.78, 5) is 15.0. The molecule has 1 aliphatic rings. The number of aryl methyl sites for hydroxylation is 1. The minimum atomic E-state index is 0.247. The van der Waals surface area contributed by atoms with E-state index in [4.69, 9.17) is 5.73 Å². The number of hydrogen-bond acceptors (Lipinski definition) is 6. The first-order valence-electron chi connectivity index (χ1n) is 6.81. The molecule has 20 heavy (non-hydrogen) atoms. The first-order valence-corrected chi connectivity index (χ1v) is 6.81. The third kappa shape index (κ3) is 2.79. The fourth-order valence-electron chi connectivity index (χ4n) is 2.35. The minimum absolute atomic E-state index is 0.247. The molecular formula is C14H18N6. The zero-order chi connectivity index (χ0) is 13.9. The lowest BCUT2D eigenvalue weighted by molar-refractivity contribution is 0.887. The lowest BCUT2D eigenvalue weighted by Gasteiger charge is -2.16. The Bertz CT molecular complexity index is 606. The third-order valence-electron chi connectivity index (χ3n) is 3.30. The first kappa shape index (κ1) is 12.7. The minimum Gasteiger partial charge on any atom is -0.368 e. The van der Waals surface area contributed by atoms with E-state index in [9.17, 15) is 0 Å². The number of benzene rings is 1. The van der Waals surface area contributed by atoms with Crippen LogP contribution in [0.15, 0.2) is 24.3 Å². The Balaban J connectivity index is 1.85. The summed E-state index contributed by atoms with van der Waals surface area (Å²) in [5.41, 5.74) is 7.91. The van der Waals surface area contributed by atoms with Gasteiger partial charge in [0.25, 0.3) is 0 Å². The molecule has 1 aliphatic heterocycles. The summed E-state index contributed by atoms with van der Waals surface area (Å²) in [5.74, 6) is 1.40. The lowest BCUT2D eigenvalue weighted by atomic mass is 10.2. The fraction of sp³-hybridized carbons (Fsp3) is 0.357. The summed E-state index contributed by atoms with van der Waals surface area (Å²) in [7, 11) is 0. The Kier molecular flexibility index (Phi) is 3.37. The maximum absolute atomic E-state index is 5.78. The molecule has 0 saturated carbocycles. The summed E-state index contributed by atoms with van der Waals surface area (Å²) >= 11 is 0. The normalized spacial score (nSPS) is 14.6. The molecule has 2 aromatic rings. The van der Waals surface area contributed by atoms with Crippen molar-refractivity contribution in [1.29, 1.82) is 0 Å². The van der Waals surface area contributed by atoms with Crippen molar-refractivity contribution in [2.45, 2.75) is 19.8 Å². The summed E-state index contributed by atoms with van der Waals surface area (Å²) in [6.07, 6.45) is 2.35. The van der Waals surface area contributed by atoms with Crippen LogP contribution in [0.5, 0.6) is 0 Å². The highest BCUT2D eigenvalue weighted by Crippen LogP contribution is 2.20. The predicted molar refractivity (Wildman–Crippen MR) is 80.1 cm³/mol. The van der Waals surface area contributed by atoms with Crippen molar-refractivity contribution in [2.24, 2.45) is 0 Å². The zero-order valence-corrected chi connectivity index (χ0v) is 11.5. The highest BCUT2D eigenvalue weighted by Gasteiger charge is 2.16. The Labute approximate surface area is 118 Å². The van der Waals surface area contributed by atoms with Crippen LogP contribution in [-0.4, -0.2) is 28.0 Å². The molecular weight excluding hydrogens is 252 g/mol. The molecule has 1 saturated heterocycles. The predicted octanol–water partition coefficient (Wildman–Crippen LogP) is 2.11. The SMILES string of the molecule is Cc1cccc(Nc2nc(N)nc(N3CCCC3)n2)c1. The Morgan fingerprint density at radius 2 is 1.95 bits per heavy atom. The van der Waals surface area contributed by atoms with Crippen LogP contribution < -0.4 is 16.0 Å². The summed E-state index contributed by atoms with van der Waals surface area (Å²) in [5, 5.41) is 3.18. The number of nitrogens with two attached hydrogens (primary N) is 1. The maximum atomic E-state index is 5.78. The lowest BCUT2D eigenvalue weighted by Crippen LogP contribution is -2.21. The zero-order valence-electron chi connectivity index (χ0n) is 11.5. The van der Waals surface area contributed by atoms with Gasteiger partial charge in [0, 0.05) is 18.8 Å². The van der Waals surface area contributed by atoms with Gasteiger partial charge < -0.3 is 16.0 Å². The molecule has 6 nitrogen and oxygen atoms in total. The smallest absolute Gasteiger partial charge is 0.233 e. The molecule has 3 N–H and O–H groups in total. The van der Waals surface area contributed by atoms with Crippen molar-refractivity contribution in [3.63, 3.8) is 0 Å². The van der Waals surface area contributed by atoms with Crippen LogP contribution in [-0.2, 0) is 0 Å². The molecule has 1 aromatic heterocycles. The van der Waals surface area contributed by atoms with Crippen molar-refractivity contribution in [2.75, 3.05) is 29.0 Å². The second-order valence-electron chi connectivity index (χ2n) is 5.01. The van der Waals surface area contributed by atoms with E-state index >= 15 is 0 Å². The van der Waals surface area contributed by atoms with Gasteiger partial charge in [-0.2, -0.15) is 15.0 Å². The van der Waals surface area contributed by atoms with Crippen molar-refractivity contribution >= 4 is 23.5 Å². The van der Waals surface area contributed by atoms with E-state index in [0.29, 0.717) is 11.9 Å². The average Bonchev–Trinajstić information content (AvgIpc) is 2.91. The van der Waals surface area contributed by atoms with Gasteiger partial charge in [-0.1, -0.05) is 12.1 Å². The molecule has 0 bridgehead atoms. The number of hydrogen-bond donors (Lipinski definition) is 2. The van der Waals surface area contributed by atoms with Gasteiger partial charge in [0.2, 0.25) is 17.8 Å². The standard InChI is InChI=1S/C14H18N6/c1-10-5-4-6-11(9-10)16-13-17-12(15)18-14(19-13)20-7-2-3-8-20/h4-6,9H,2-3,7-8H2,1H3,(H3,15,16,17,18,19). The highest BCUT2D eigenvalue weighted by atomic mass is 15.3. The molecule has 6 heteroatoms. The van der Waals surface area contributed by atoms with E-state index in [1.807, 2.05) is 31.2 Å². The molecule has 0 unspecified atom stereocenters. The summed E-state index contributed by atoms with van der Waals surface area (Å²) < 4.78 is 0. The van der Waals surface area contributed by atoms with E-state index in [-0.39, 0.29) is 5.95 Å². The fourth-order valence-corrected chi connectivity index (χ4v) is 2.35. The monoisotopic (exact) mass is 270 g/mol. The van der Waals surface area contributed by atoms with Gasteiger partial charge in [-0.3, -0.25) is 0 Å². The number of nitrogens with zero attached hydrogens (tertiary/aromatic N) is 4. The number of nitrogens with one attached hydrogen (secondary N) is 1. The number of anilines is 4. The van der Waals surface area contributed by atoms with Crippen LogP contribution in [0.1, 0.15) is 18.4 Å². The Morgan fingerprint density at radius 1 is 1.15 bits per heavy atom. The van der Waals surface area contributed by atoms with Gasteiger partial charge in [-0.15, -0.1) is 0 Å². The van der Waals surface area contributed by atoms with E-state index in [2.05, 4.69) is 25.2 Å². The van der Waals surface area contributed by atoms with Crippen molar-refractivity contribution in [3.05, 3.63) is 29.8 Å². The highest BCUT2D eigenvalue weighted by molar-refractivity contribution is 5.56. The van der Waals surface area contributed by atoms with E-state index in [1.165, 1.54) is 18.4 Å². The van der Waals surface area contributed by atoms with Crippen LogP contribution in [0.4, 0.5) is 23.5 Å². The van der Waals surface area contributed by atoms with Gasteiger partial charge in [-0.25, -0.2) is 0 Å². The van der Waals surface area contributed by atoms with Crippen LogP contribution in [0.3, 0.4) is 0 Å². The molecule has 1 aromatic carbocycles.